The lowest BCUT2D eigenvalue weighted by Gasteiger charge is -2.32. The van der Waals surface area contributed by atoms with Crippen LogP contribution in [-0.4, -0.2) is 30.7 Å². The molecule has 1 aliphatic heterocycles. The lowest BCUT2D eigenvalue weighted by Crippen LogP contribution is -2.40. The summed E-state index contributed by atoms with van der Waals surface area (Å²) in [4.78, 5) is 7.36. The predicted molar refractivity (Wildman–Crippen MR) is 84.9 cm³/mol. The first-order valence-electron chi connectivity index (χ1n) is 7.21. The molecule has 22 heavy (non-hydrogen) atoms. The number of fused-ring (bicyclic) bond motifs is 3. The number of aryl methyl sites for hydroxylation is 1. The molecule has 2 aromatic rings. The predicted octanol–water partition coefficient (Wildman–Crippen LogP) is 2.20. The van der Waals surface area contributed by atoms with Gasteiger partial charge in [-0.25, -0.2) is 13.4 Å². The van der Waals surface area contributed by atoms with Gasteiger partial charge in [0.25, 0.3) is 0 Å². The minimum Gasteiger partial charge on any atom is -0.345 e. The van der Waals surface area contributed by atoms with Crippen molar-refractivity contribution in [2.24, 2.45) is 5.41 Å². The smallest absolute Gasteiger partial charge is 0.236 e. The van der Waals surface area contributed by atoms with Crippen LogP contribution in [-0.2, 0) is 16.4 Å². The van der Waals surface area contributed by atoms with E-state index in [0.717, 1.165) is 29.4 Å². The van der Waals surface area contributed by atoms with Crippen LogP contribution in [0, 0.1) is 16.7 Å². The topological polar surface area (TPSA) is 89.9 Å². The molecule has 6 nitrogen and oxygen atoms in total. The molecule has 0 saturated carbocycles. The number of nitriles is 1. The van der Waals surface area contributed by atoms with Crippen molar-refractivity contribution in [2.45, 2.75) is 26.7 Å². The Labute approximate surface area is 129 Å². The molecule has 0 aliphatic carbocycles. The highest BCUT2D eigenvalue weighted by Crippen LogP contribution is 2.35. The molecule has 116 valence electrons. The van der Waals surface area contributed by atoms with Gasteiger partial charge in [0.1, 0.15) is 0 Å². The Balaban J connectivity index is 2.07. The molecule has 0 saturated heterocycles. The molecule has 1 aromatic heterocycles. The first-order valence-corrected chi connectivity index (χ1v) is 8.82. The second-order valence-electron chi connectivity index (χ2n) is 6.29. The summed E-state index contributed by atoms with van der Waals surface area (Å²) in [7, 11) is -3.55. The Morgan fingerprint density at radius 1 is 1.45 bits per heavy atom. The van der Waals surface area contributed by atoms with Gasteiger partial charge in [-0.15, -0.1) is 0 Å². The van der Waals surface area contributed by atoms with Gasteiger partial charge in [0.2, 0.25) is 10.0 Å². The van der Waals surface area contributed by atoms with Crippen LogP contribution < -0.4 is 4.31 Å². The van der Waals surface area contributed by atoms with Crippen LogP contribution in [0.1, 0.15) is 25.8 Å². The van der Waals surface area contributed by atoms with E-state index in [2.05, 4.69) is 16.0 Å². The van der Waals surface area contributed by atoms with Gasteiger partial charge < -0.3 is 4.98 Å². The molecule has 3 rings (SSSR count). The average molecular weight is 318 g/mol. The fraction of sp³-hybridized carbons (Fsp3) is 0.467. The number of anilines is 1. The summed E-state index contributed by atoms with van der Waals surface area (Å²) in [6.07, 6.45) is 3.19. The van der Waals surface area contributed by atoms with Crippen molar-refractivity contribution in [2.75, 3.05) is 16.6 Å². The normalized spacial score (nSPS) is 15.6. The third-order valence-corrected chi connectivity index (χ3v) is 6.05. The van der Waals surface area contributed by atoms with Crippen LogP contribution in [0.15, 0.2) is 18.5 Å². The largest absolute Gasteiger partial charge is 0.345 e. The molecule has 2 heterocycles. The third kappa shape index (κ3) is 2.44. The van der Waals surface area contributed by atoms with Gasteiger partial charge in [-0.2, -0.15) is 5.26 Å². The number of H-pyrrole nitrogens is 1. The highest BCUT2D eigenvalue weighted by atomic mass is 32.2. The van der Waals surface area contributed by atoms with Crippen molar-refractivity contribution < 1.29 is 8.42 Å². The molecule has 0 radical (unpaired) electrons. The molecule has 0 unspecified atom stereocenters. The van der Waals surface area contributed by atoms with Gasteiger partial charge >= 0.3 is 0 Å². The zero-order chi connectivity index (χ0) is 16.0. The third-order valence-electron chi connectivity index (χ3n) is 3.91. The molecule has 0 spiro atoms. The van der Waals surface area contributed by atoms with Crippen molar-refractivity contribution >= 4 is 26.7 Å². The van der Waals surface area contributed by atoms with Gasteiger partial charge in [0, 0.05) is 12.1 Å². The van der Waals surface area contributed by atoms with Gasteiger partial charge in [-0.05, 0) is 38.8 Å². The summed E-state index contributed by atoms with van der Waals surface area (Å²) in [5.74, 6) is -0.186. The molecule has 1 aromatic carbocycles. The number of aromatic amines is 1. The van der Waals surface area contributed by atoms with Crippen molar-refractivity contribution in [1.29, 1.82) is 5.26 Å². The number of benzene rings is 1. The molecule has 1 N–H and O–H groups in total. The van der Waals surface area contributed by atoms with Crippen molar-refractivity contribution in [1.82, 2.24) is 9.97 Å². The Morgan fingerprint density at radius 2 is 2.23 bits per heavy atom. The second kappa shape index (κ2) is 4.99. The minimum absolute atomic E-state index is 0.186. The Hall–Kier alpha value is -2.07. The lowest BCUT2D eigenvalue weighted by molar-refractivity contribution is 0.527. The first-order chi connectivity index (χ1) is 10.3. The van der Waals surface area contributed by atoms with Crippen molar-refractivity contribution in [3.63, 3.8) is 0 Å². The zero-order valence-electron chi connectivity index (χ0n) is 12.6. The van der Waals surface area contributed by atoms with E-state index in [-0.39, 0.29) is 5.75 Å². The number of imidazole rings is 1. The van der Waals surface area contributed by atoms with Crippen molar-refractivity contribution in [3.8, 4) is 6.07 Å². The van der Waals surface area contributed by atoms with E-state index < -0.39 is 15.4 Å². The Bertz CT molecular complexity index is 861. The Kier molecular flexibility index (Phi) is 3.37. The molecule has 7 heteroatoms. The maximum absolute atomic E-state index is 12.7. The van der Waals surface area contributed by atoms with Crippen LogP contribution in [0.2, 0.25) is 0 Å². The molecular weight excluding hydrogens is 300 g/mol. The minimum atomic E-state index is -3.55. The number of sulfonamides is 1. The molecule has 0 atom stereocenters. The van der Waals surface area contributed by atoms with E-state index in [1.54, 1.807) is 20.2 Å². The van der Waals surface area contributed by atoms with Crippen LogP contribution in [0.25, 0.3) is 11.0 Å². The standard InChI is InChI=1S/C15H18N4O2S/c1-15(2,8-16)9-22(20,21)19-7-3-4-11-13(19)6-5-12-14(11)18-10-17-12/h5-6,10H,3-4,7,9H2,1-2H3,(H,17,18). The monoisotopic (exact) mass is 318 g/mol. The van der Waals surface area contributed by atoms with Crippen LogP contribution in [0.4, 0.5) is 5.69 Å². The Morgan fingerprint density at radius 3 is 2.95 bits per heavy atom. The lowest BCUT2D eigenvalue weighted by atomic mass is 10.00. The zero-order valence-corrected chi connectivity index (χ0v) is 13.4. The first kappa shape index (κ1) is 14.9. The highest BCUT2D eigenvalue weighted by Gasteiger charge is 2.34. The number of hydrogen-bond acceptors (Lipinski definition) is 4. The molecule has 0 bridgehead atoms. The quantitative estimate of drug-likeness (QED) is 0.939. The summed E-state index contributed by atoms with van der Waals surface area (Å²) < 4.78 is 26.9. The maximum atomic E-state index is 12.7. The summed E-state index contributed by atoms with van der Waals surface area (Å²) in [5, 5.41) is 9.12. The van der Waals surface area contributed by atoms with Crippen LogP contribution in [0.3, 0.4) is 0 Å². The van der Waals surface area contributed by atoms with E-state index in [4.69, 9.17) is 5.26 Å². The van der Waals surface area contributed by atoms with E-state index in [0.29, 0.717) is 12.2 Å². The van der Waals surface area contributed by atoms with Gasteiger partial charge in [0.15, 0.2) is 0 Å². The van der Waals surface area contributed by atoms with E-state index in [1.807, 2.05) is 12.1 Å². The van der Waals surface area contributed by atoms with E-state index >= 15 is 0 Å². The molecule has 0 fully saturated rings. The van der Waals surface area contributed by atoms with Crippen LogP contribution >= 0.6 is 0 Å². The van der Waals surface area contributed by atoms with Gasteiger partial charge in [0.05, 0.1) is 40.3 Å². The molecule has 1 aliphatic rings. The van der Waals surface area contributed by atoms with Gasteiger partial charge in [-0.1, -0.05) is 0 Å². The fourth-order valence-corrected chi connectivity index (χ4v) is 4.92. The second-order valence-corrected chi connectivity index (χ2v) is 8.18. The summed E-state index contributed by atoms with van der Waals surface area (Å²) >= 11 is 0. The highest BCUT2D eigenvalue weighted by molar-refractivity contribution is 7.92. The van der Waals surface area contributed by atoms with E-state index in [9.17, 15) is 8.42 Å². The summed E-state index contributed by atoms with van der Waals surface area (Å²) in [6.45, 7) is 3.74. The van der Waals surface area contributed by atoms with Crippen molar-refractivity contribution in [3.05, 3.63) is 24.0 Å². The maximum Gasteiger partial charge on any atom is 0.236 e. The number of nitrogens with zero attached hydrogens (tertiary/aromatic N) is 3. The van der Waals surface area contributed by atoms with Gasteiger partial charge in [-0.3, -0.25) is 4.31 Å². The summed E-state index contributed by atoms with van der Waals surface area (Å²) in [5.41, 5.74) is 2.49. The number of aromatic nitrogens is 2. The van der Waals surface area contributed by atoms with Crippen LogP contribution in [0.5, 0.6) is 0 Å². The van der Waals surface area contributed by atoms with E-state index in [1.165, 1.54) is 4.31 Å². The fourth-order valence-electron chi connectivity index (χ4n) is 2.91. The average Bonchev–Trinajstić information content (AvgIpc) is 2.94. The molecular formula is C15H18N4O2S. The number of rotatable bonds is 3. The summed E-state index contributed by atoms with van der Waals surface area (Å²) in [6, 6.07) is 5.74. The number of nitrogens with one attached hydrogen (secondary N) is 1. The molecule has 0 amide bonds. The number of hydrogen-bond donors (Lipinski definition) is 1. The SMILES string of the molecule is CC(C)(C#N)CS(=O)(=O)N1CCCc2c1ccc1[nH]cnc21.